The van der Waals surface area contributed by atoms with Crippen LogP contribution < -0.4 is 10.1 Å². The van der Waals surface area contributed by atoms with Gasteiger partial charge in [-0.3, -0.25) is 39.2 Å². The van der Waals surface area contributed by atoms with Gasteiger partial charge >= 0.3 is 0 Å². The number of rotatable bonds is 15. The number of nitrogens with zero attached hydrogens (tertiary/aromatic N) is 2. The Morgan fingerprint density at radius 1 is 0.891 bits per heavy atom. The van der Waals surface area contributed by atoms with E-state index in [0.717, 1.165) is 32.3 Å². The quantitative estimate of drug-likeness (QED) is 0.149. The Morgan fingerprint density at radius 2 is 1.72 bits per heavy atom. The minimum atomic E-state index is -1.04. The monoisotopic (exact) mass is 626 g/mol. The molecular weight excluding hydrogens is 592 g/mol. The van der Waals surface area contributed by atoms with Gasteiger partial charge in [-0.25, -0.2) is 0 Å². The van der Waals surface area contributed by atoms with Crippen LogP contribution in [0.25, 0.3) is 21.8 Å². The fraction of sp³-hybridized carbons (Fsp3) is 0.353. The van der Waals surface area contributed by atoms with Gasteiger partial charge in [0, 0.05) is 60.1 Å². The van der Waals surface area contributed by atoms with Gasteiger partial charge in [0.15, 0.2) is 0 Å². The molecule has 2 aliphatic rings. The topological polar surface area (TPSA) is 157 Å². The predicted molar refractivity (Wildman–Crippen MR) is 166 cm³/mol. The van der Waals surface area contributed by atoms with Crippen LogP contribution in [0.1, 0.15) is 58.4 Å². The first-order valence-corrected chi connectivity index (χ1v) is 15.4. The van der Waals surface area contributed by atoms with E-state index in [4.69, 9.17) is 14.2 Å². The highest BCUT2D eigenvalue weighted by Crippen LogP contribution is 2.33. The number of aryl methyl sites for hydroxylation is 1. The summed E-state index contributed by atoms with van der Waals surface area (Å²) in [6.07, 6.45) is 6.02. The third kappa shape index (κ3) is 6.68. The van der Waals surface area contributed by atoms with E-state index >= 15 is 0 Å². The Morgan fingerprint density at radius 3 is 2.57 bits per heavy atom. The Kier molecular flexibility index (Phi) is 9.46. The van der Waals surface area contributed by atoms with Crippen molar-refractivity contribution in [2.45, 2.75) is 44.6 Å². The molecule has 238 valence electrons. The van der Waals surface area contributed by atoms with Gasteiger partial charge < -0.3 is 19.2 Å². The predicted octanol–water partition coefficient (Wildman–Crippen LogP) is 3.51. The maximum atomic E-state index is 13.1. The van der Waals surface area contributed by atoms with Gasteiger partial charge in [0.05, 0.1) is 30.9 Å². The van der Waals surface area contributed by atoms with E-state index in [9.17, 15) is 24.0 Å². The van der Waals surface area contributed by atoms with Gasteiger partial charge in [-0.05, 0) is 49.1 Å². The molecule has 2 aliphatic heterocycles. The van der Waals surface area contributed by atoms with Crippen molar-refractivity contribution in [3.8, 4) is 5.75 Å². The standard InChI is InChI=1S/C34H34N4O8/c39-22(8-6-21-7-9-23-25-20-35-13-12-26(25)36-27(23)19-21)3-2-14-44-15-16-45-17-18-46-29-5-1-4-24-31(29)34(43)38(33(24)42)28-10-11-30(40)37-32(28)41/h1,4-5,7,9,12-13,19-20,28,36H,2-3,6,8,10-11,14-18H2,(H,37,40,41). The molecule has 46 heavy (non-hydrogen) atoms. The first-order valence-electron chi connectivity index (χ1n) is 15.4. The molecule has 1 atom stereocenters. The molecule has 12 nitrogen and oxygen atoms in total. The van der Waals surface area contributed by atoms with Gasteiger partial charge in [0.25, 0.3) is 11.8 Å². The fourth-order valence-corrected chi connectivity index (χ4v) is 5.87. The van der Waals surface area contributed by atoms with Crippen LogP contribution in [0.15, 0.2) is 54.9 Å². The van der Waals surface area contributed by atoms with Crippen LogP contribution in [0.2, 0.25) is 0 Å². The van der Waals surface area contributed by atoms with Crippen LogP contribution in [0, 0.1) is 0 Å². The van der Waals surface area contributed by atoms with Crippen LogP contribution in [0.4, 0.5) is 0 Å². The molecule has 0 aliphatic carbocycles. The van der Waals surface area contributed by atoms with E-state index in [0.29, 0.717) is 45.5 Å². The molecule has 4 amide bonds. The van der Waals surface area contributed by atoms with Crippen molar-refractivity contribution < 1.29 is 38.2 Å². The highest BCUT2D eigenvalue weighted by Gasteiger charge is 2.46. The number of nitrogens with one attached hydrogen (secondary N) is 2. The second-order valence-electron chi connectivity index (χ2n) is 11.3. The van der Waals surface area contributed by atoms with Crippen molar-refractivity contribution in [1.82, 2.24) is 20.2 Å². The number of carbonyl (C=O) groups is 5. The number of amides is 4. The minimum Gasteiger partial charge on any atom is -0.490 e. The van der Waals surface area contributed by atoms with Crippen LogP contribution in [0.3, 0.4) is 0 Å². The summed E-state index contributed by atoms with van der Waals surface area (Å²) in [7, 11) is 0. The van der Waals surface area contributed by atoms with Gasteiger partial charge in [-0.15, -0.1) is 0 Å². The average molecular weight is 627 g/mol. The summed E-state index contributed by atoms with van der Waals surface area (Å²) in [6, 6.07) is 11.9. The number of benzene rings is 2. The normalized spacial score (nSPS) is 16.3. The van der Waals surface area contributed by atoms with Gasteiger partial charge in [-0.2, -0.15) is 0 Å². The summed E-state index contributed by atoms with van der Waals surface area (Å²) in [4.78, 5) is 70.7. The number of ketones is 1. The van der Waals surface area contributed by atoms with Crippen LogP contribution in [-0.4, -0.2) is 83.4 Å². The van der Waals surface area contributed by atoms with Crippen molar-refractivity contribution in [1.29, 1.82) is 0 Å². The average Bonchev–Trinajstić information content (AvgIpc) is 3.55. The molecule has 0 bridgehead atoms. The number of aromatic nitrogens is 2. The summed E-state index contributed by atoms with van der Waals surface area (Å²) in [6.45, 7) is 1.51. The number of H-pyrrole nitrogens is 1. The van der Waals surface area contributed by atoms with Crippen LogP contribution in [0.5, 0.6) is 5.75 Å². The molecule has 4 heterocycles. The lowest BCUT2D eigenvalue weighted by atomic mass is 10.0. The fourth-order valence-electron chi connectivity index (χ4n) is 5.87. The largest absolute Gasteiger partial charge is 0.490 e. The van der Waals surface area contributed by atoms with Crippen molar-refractivity contribution in [3.63, 3.8) is 0 Å². The summed E-state index contributed by atoms with van der Waals surface area (Å²) in [5.74, 6) is -1.87. The van der Waals surface area contributed by atoms with Gasteiger partial charge in [0.2, 0.25) is 11.8 Å². The highest BCUT2D eigenvalue weighted by molar-refractivity contribution is 6.24. The van der Waals surface area contributed by atoms with E-state index in [1.54, 1.807) is 18.3 Å². The van der Waals surface area contributed by atoms with Crippen LogP contribution in [-0.2, 0) is 30.3 Å². The van der Waals surface area contributed by atoms with E-state index in [2.05, 4.69) is 33.5 Å². The lowest BCUT2D eigenvalue weighted by molar-refractivity contribution is -0.136. The van der Waals surface area contributed by atoms with E-state index in [1.807, 2.05) is 12.3 Å². The molecule has 2 aromatic carbocycles. The molecule has 1 unspecified atom stereocenters. The number of imide groups is 2. The third-order valence-electron chi connectivity index (χ3n) is 8.19. The number of pyridine rings is 1. The first kappa shape index (κ1) is 31.1. The summed E-state index contributed by atoms with van der Waals surface area (Å²) < 4.78 is 16.9. The van der Waals surface area contributed by atoms with Crippen LogP contribution >= 0.6 is 0 Å². The SMILES string of the molecule is O=C(CCCOCCOCCOc1cccc2c1C(=O)N(C1CCC(=O)NC1=O)C2=O)CCc1ccc2c(c1)[nH]c1ccncc12. The number of aromatic amines is 1. The Bertz CT molecular complexity index is 1820. The van der Waals surface area contributed by atoms with E-state index < -0.39 is 29.7 Å². The molecule has 1 saturated heterocycles. The smallest absolute Gasteiger partial charge is 0.266 e. The lowest BCUT2D eigenvalue weighted by Gasteiger charge is -2.27. The molecular formula is C34H34N4O8. The minimum absolute atomic E-state index is 0.0514. The maximum Gasteiger partial charge on any atom is 0.266 e. The number of carbonyl (C=O) groups excluding carboxylic acids is 5. The first-order chi connectivity index (χ1) is 22.4. The molecule has 0 saturated carbocycles. The number of hydrogen-bond donors (Lipinski definition) is 2. The summed E-state index contributed by atoms with van der Waals surface area (Å²) in [5.41, 5.74) is 3.46. The number of ether oxygens (including phenoxy) is 3. The van der Waals surface area contributed by atoms with Crippen molar-refractivity contribution in [3.05, 3.63) is 71.5 Å². The number of Topliss-reactive ketones (excluding diaryl/α,β-unsaturated/α-hetero) is 1. The molecule has 0 radical (unpaired) electrons. The Labute approximate surface area is 264 Å². The summed E-state index contributed by atoms with van der Waals surface area (Å²) >= 11 is 0. The van der Waals surface area contributed by atoms with Crippen molar-refractivity contribution in [2.24, 2.45) is 0 Å². The molecule has 2 N–H and O–H groups in total. The zero-order valence-electron chi connectivity index (χ0n) is 25.2. The molecule has 6 rings (SSSR count). The zero-order chi connectivity index (χ0) is 32.0. The second-order valence-corrected chi connectivity index (χ2v) is 11.3. The molecule has 12 heteroatoms. The number of fused-ring (bicyclic) bond motifs is 4. The van der Waals surface area contributed by atoms with Crippen molar-refractivity contribution in [2.75, 3.05) is 33.0 Å². The van der Waals surface area contributed by atoms with Gasteiger partial charge in [0.1, 0.15) is 24.2 Å². The highest BCUT2D eigenvalue weighted by atomic mass is 16.5. The van der Waals surface area contributed by atoms with Gasteiger partial charge in [-0.1, -0.05) is 18.2 Å². The molecule has 2 aromatic heterocycles. The Balaban J connectivity index is 0.847. The number of piperidine rings is 1. The molecule has 4 aromatic rings. The Hall–Kier alpha value is -4.94. The van der Waals surface area contributed by atoms with E-state index in [1.165, 1.54) is 6.07 Å². The maximum absolute atomic E-state index is 13.1. The molecule has 1 fully saturated rings. The number of hydrogen-bond acceptors (Lipinski definition) is 9. The van der Waals surface area contributed by atoms with Crippen molar-refractivity contribution >= 4 is 51.2 Å². The van der Waals surface area contributed by atoms with E-state index in [-0.39, 0.29) is 48.7 Å². The summed E-state index contributed by atoms with van der Waals surface area (Å²) in [5, 5.41) is 4.40. The molecule has 0 spiro atoms. The third-order valence-corrected chi connectivity index (χ3v) is 8.19. The zero-order valence-corrected chi connectivity index (χ0v) is 25.2. The second kappa shape index (κ2) is 14.0. The lowest BCUT2D eigenvalue weighted by Crippen LogP contribution is -2.54.